The lowest BCUT2D eigenvalue weighted by Crippen LogP contribution is -2.56. The van der Waals surface area contributed by atoms with Crippen LogP contribution in [0.3, 0.4) is 0 Å². The van der Waals surface area contributed by atoms with Gasteiger partial charge in [0.1, 0.15) is 0 Å². The maximum atomic E-state index is 6.14. The van der Waals surface area contributed by atoms with Gasteiger partial charge >= 0.3 is 0 Å². The molecule has 0 unspecified atom stereocenters. The molecule has 2 saturated heterocycles. The van der Waals surface area contributed by atoms with Crippen molar-refractivity contribution in [3.05, 3.63) is 18.0 Å². The van der Waals surface area contributed by atoms with E-state index in [9.17, 15) is 0 Å². The van der Waals surface area contributed by atoms with Crippen molar-refractivity contribution < 1.29 is 9.47 Å². The minimum absolute atomic E-state index is 0.202. The first-order valence-corrected chi connectivity index (χ1v) is 9.13. The van der Waals surface area contributed by atoms with Gasteiger partial charge in [0.25, 0.3) is 0 Å². The van der Waals surface area contributed by atoms with E-state index in [0.29, 0.717) is 6.10 Å². The lowest BCUT2D eigenvalue weighted by Gasteiger charge is -2.50. The van der Waals surface area contributed by atoms with Gasteiger partial charge < -0.3 is 9.47 Å². The van der Waals surface area contributed by atoms with Gasteiger partial charge in [0.2, 0.25) is 0 Å². The Morgan fingerprint density at radius 1 is 1.39 bits per heavy atom. The second-order valence-corrected chi connectivity index (χ2v) is 7.81. The monoisotopic (exact) mass is 319 g/mol. The van der Waals surface area contributed by atoms with E-state index in [1.807, 2.05) is 17.9 Å². The molecule has 128 valence electrons. The Hall–Kier alpha value is -0.910. The molecule has 4 rings (SSSR count). The lowest BCUT2D eigenvalue weighted by molar-refractivity contribution is -0.154. The summed E-state index contributed by atoms with van der Waals surface area (Å²) in [5.74, 6) is 0.837. The van der Waals surface area contributed by atoms with Crippen LogP contribution in [0.5, 0.6) is 0 Å². The molecule has 0 aromatic carbocycles. The van der Waals surface area contributed by atoms with Crippen molar-refractivity contribution in [2.75, 3.05) is 32.9 Å². The highest BCUT2D eigenvalue weighted by Crippen LogP contribution is 2.41. The van der Waals surface area contributed by atoms with Crippen molar-refractivity contribution in [1.82, 2.24) is 14.7 Å². The first kappa shape index (κ1) is 15.6. The number of ether oxygens (including phenoxy) is 2. The van der Waals surface area contributed by atoms with Crippen molar-refractivity contribution in [1.29, 1.82) is 0 Å². The minimum atomic E-state index is 0.202. The highest BCUT2D eigenvalue weighted by Gasteiger charge is 2.46. The van der Waals surface area contributed by atoms with E-state index in [0.717, 1.165) is 51.8 Å². The highest BCUT2D eigenvalue weighted by atomic mass is 16.5. The minimum Gasteiger partial charge on any atom is -0.380 e. The van der Waals surface area contributed by atoms with Crippen LogP contribution in [0.1, 0.15) is 37.7 Å². The van der Waals surface area contributed by atoms with Gasteiger partial charge in [-0.25, -0.2) is 0 Å². The van der Waals surface area contributed by atoms with E-state index in [2.05, 4.69) is 16.2 Å². The second-order valence-electron chi connectivity index (χ2n) is 7.81. The van der Waals surface area contributed by atoms with Crippen LogP contribution >= 0.6 is 0 Å². The van der Waals surface area contributed by atoms with E-state index in [1.165, 1.54) is 31.2 Å². The van der Waals surface area contributed by atoms with Crippen LogP contribution in [0, 0.1) is 11.3 Å². The molecule has 2 atom stereocenters. The van der Waals surface area contributed by atoms with Crippen molar-refractivity contribution >= 4 is 0 Å². The first-order valence-electron chi connectivity index (χ1n) is 9.13. The number of aryl methyl sites for hydroxylation is 1. The van der Waals surface area contributed by atoms with E-state index in [1.54, 1.807) is 0 Å². The first-order chi connectivity index (χ1) is 11.2. The summed E-state index contributed by atoms with van der Waals surface area (Å²) in [5, 5.41) is 4.30. The summed E-state index contributed by atoms with van der Waals surface area (Å²) < 4.78 is 14.2. The van der Waals surface area contributed by atoms with Crippen LogP contribution in [-0.4, -0.2) is 53.7 Å². The summed E-state index contributed by atoms with van der Waals surface area (Å²) in [6.07, 6.45) is 10.8. The normalized spacial score (nSPS) is 32.0. The number of piperidine rings is 1. The topological polar surface area (TPSA) is 39.5 Å². The van der Waals surface area contributed by atoms with Crippen LogP contribution in [0.25, 0.3) is 0 Å². The smallest absolute Gasteiger partial charge is 0.0677 e. The molecule has 0 bridgehead atoms. The maximum Gasteiger partial charge on any atom is 0.0677 e. The van der Waals surface area contributed by atoms with Crippen molar-refractivity contribution in [3.63, 3.8) is 0 Å². The Bertz CT molecular complexity index is 528. The molecule has 3 fully saturated rings. The largest absolute Gasteiger partial charge is 0.380 e. The molecule has 0 amide bonds. The average Bonchev–Trinajstić information content (AvgIpc) is 3.28. The number of likely N-dealkylation sites (tertiary alicyclic amines) is 1. The fourth-order valence-corrected chi connectivity index (χ4v) is 4.25. The predicted octanol–water partition coefficient (Wildman–Crippen LogP) is 2.22. The van der Waals surface area contributed by atoms with E-state index < -0.39 is 0 Å². The summed E-state index contributed by atoms with van der Waals surface area (Å²) in [6, 6.07) is 0. The molecule has 1 saturated carbocycles. The summed E-state index contributed by atoms with van der Waals surface area (Å²) in [6.45, 7) is 5.96. The average molecular weight is 319 g/mol. The fourth-order valence-electron chi connectivity index (χ4n) is 4.25. The molecule has 1 aromatic rings. The molecular weight excluding hydrogens is 290 g/mol. The molecule has 3 heterocycles. The van der Waals surface area contributed by atoms with Gasteiger partial charge in [-0.2, -0.15) is 5.10 Å². The molecule has 0 radical (unpaired) electrons. The second kappa shape index (κ2) is 6.54. The van der Waals surface area contributed by atoms with Crippen LogP contribution in [0.4, 0.5) is 0 Å². The summed E-state index contributed by atoms with van der Waals surface area (Å²) in [7, 11) is 1.98. The highest BCUT2D eigenvalue weighted by molar-refractivity contribution is 5.05. The zero-order valence-corrected chi connectivity index (χ0v) is 14.2. The van der Waals surface area contributed by atoms with Gasteiger partial charge in [0.05, 0.1) is 18.9 Å². The fraction of sp³-hybridized carbons (Fsp3) is 0.833. The summed E-state index contributed by atoms with van der Waals surface area (Å²) >= 11 is 0. The Labute approximate surface area is 138 Å². The Morgan fingerprint density at radius 2 is 2.30 bits per heavy atom. The van der Waals surface area contributed by atoms with Gasteiger partial charge in [0, 0.05) is 57.1 Å². The third-order valence-electron chi connectivity index (χ3n) is 5.67. The molecule has 5 heteroatoms. The Morgan fingerprint density at radius 3 is 3.09 bits per heavy atom. The van der Waals surface area contributed by atoms with Gasteiger partial charge in [-0.05, 0) is 38.0 Å². The van der Waals surface area contributed by atoms with Crippen molar-refractivity contribution in [2.45, 2.75) is 44.8 Å². The van der Waals surface area contributed by atoms with Crippen LogP contribution in [0.2, 0.25) is 0 Å². The molecule has 1 aromatic heterocycles. The Balaban J connectivity index is 1.40. The predicted molar refractivity (Wildman–Crippen MR) is 88.1 cm³/mol. The zero-order valence-electron chi connectivity index (χ0n) is 14.2. The molecule has 0 spiro atoms. The maximum absolute atomic E-state index is 6.14. The molecule has 0 N–H and O–H groups in total. The molecular formula is C18H29N3O2. The summed E-state index contributed by atoms with van der Waals surface area (Å²) in [4.78, 5) is 2.57. The number of aromatic nitrogens is 2. The van der Waals surface area contributed by atoms with Crippen molar-refractivity contribution in [2.24, 2.45) is 18.4 Å². The number of hydrogen-bond donors (Lipinski definition) is 0. The van der Waals surface area contributed by atoms with Gasteiger partial charge in [-0.15, -0.1) is 0 Å². The van der Waals surface area contributed by atoms with Crippen LogP contribution in [0.15, 0.2) is 12.4 Å². The zero-order chi connectivity index (χ0) is 15.7. The SMILES string of the molecule is Cn1cc(CN2CC[C@@H]3OCCC[C@@]3(COCC3CC3)C2)cn1. The Kier molecular flexibility index (Phi) is 4.43. The third-order valence-corrected chi connectivity index (χ3v) is 5.67. The van der Waals surface area contributed by atoms with Gasteiger partial charge in [-0.3, -0.25) is 9.58 Å². The quantitative estimate of drug-likeness (QED) is 0.806. The molecule has 3 aliphatic rings. The number of fused-ring (bicyclic) bond motifs is 1. The molecule has 5 nitrogen and oxygen atoms in total. The lowest BCUT2D eigenvalue weighted by atomic mass is 9.73. The molecule has 1 aliphatic carbocycles. The van der Waals surface area contributed by atoms with Gasteiger partial charge in [-0.1, -0.05) is 0 Å². The standard InChI is InChI=1S/C18H29N3O2/c1-20-10-16(9-19-20)11-21-7-5-17-18(13-21,6-2-8-23-17)14-22-12-15-3-4-15/h9-10,15,17H,2-8,11-14H2,1H3/t17-,18-/m0/s1. The van der Waals surface area contributed by atoms with Crippen molar-refractivity contribution in [3.8, 4) is 0 Å². The van der Waals surface area contributed by atoms with E-state index in [-0.39, 0.29) is 5.41 Å². The van der Waals surface area contributed by atoms with E-state index >= 15 is 0 Å². The number of rotatable bonds is 6. The number of nitrogens with zero attached hydrogens (tertiary/aromatic N) is 3. The number of hydrogen-bond acceptors (Lipinski definition) is 4. The summed E-state index contributed by atoms with van der Waals surface area (Å²) in [5.41, 5.74) is 1.50. The molecule has 2 aliphatic heterocycles. The third kappa shape index (κ3) is 3.62. The van der Waals surface area contributed by atoms with E-state index in [4.69, 9.17) is 9.47 Å². The molecule has 23 heavy (non-hydrogen) atoms. The van der Waals surface area contributed by atoms with Crippen LogP contribution in [-0.2, 0) is 23.1 Å². The van der Waals surface area contributed by atoms with Crippen LogP contribution < -0.4 is 0 Å². The van der Waals surface area contributed by atoms with Gasteiger partial charge in [0.15, 0.2) is 0 Å².